The smallest absolute Gasteiger partial charge is 0.417 e. The molecule has 3 N–H and O–H groups in total. The number of hydrogen-bond acceptors (Lipinski definition) is 9. The van der Waals surface area contributed by atoms with Crippen LogP contribution >= 0.6 is 11.3 Å². The van der Waals surface area contributed by atoms with E-state index in [-0.39, 0.29) is 81.5 Å². The Labute approximate surface area is 268 Å². The molecule has 1 saturated carbocycles. The first-order valence-corrected chi connectivity index (χ1v) is 16.1. The van der Waals surface area contributed by atoms with Crippen LogP contribution in [-0.2, 0) is 11.0 Å². The Kier molecular flexibility index (Phi) is 6.82. The van der Waals surface area contributed by atoms with Gasteiger partial charge in [0.15, 0.2) is 10.9 Å². The van der Waals surface area contributed by atoms with Gasteiger partial charge in [0, 0.05) is 67.4 Å². The molecule has 47 heavy (non-hydrogen) atoms. The number of benzene rings is 2. The Balaban J connectivity index is 1.26. The Bertz CT molecular complexity index is 1940. The minimum atomic E-state index is -5.03. The fourth-order valence-corrected chi connectivity index (χ4v) is 8.63. The number of nitrogens with two attached hydrogens (primary N) is 1. The summed E-state index contributed by atoms with van der Waals surface area (Å²) in [6.45, 7) is 3.45. The van der Waals surface area contributed by atoms with Crippen molar-refractivity contribution in [2.24, 2.45) is 11.8 Å². The van der Waals surface area contributed by atoms with Crippen molar-refractivity contribution in [2.75, 3.05) is 43.8 Å². The molecule has 9 nitrogen and oxygen atoms in total. The maximum absolute atomic E-state index is 16.7. The number of aromatic nitrogens is 3. The van der Waals surface area contributed by atoms with Crippen molar-refractivity contribution >= 4 is 49.3 Å². The lowest BCUT2D eigenvalue weighted by molar-refractivity contribution is -0.137. The molecule has 1 unspecified atom stereocenters. The third-order valence-electron chi connectivity index (χ3n) is 10.2. The molecular weight excluding hydrogens is 648 g/mol. The van der Waals surface area contributed by atoms with Crippen LogP contribution in [0.4, 0.5) is 37.3 Å². The summed E-state index contributed by atoms with van der Waals surface area (Å²) < 4.78 is 95.9. The van der Waals surface area contributed by atoms with Gasteiger partial charge in [0.2, 0.25) is 5.91 Å². The van der Waals surface area contributed by atoms with Gasteiger partial charge in [-0.3, -0.25) is 9.69 Å². The first kappa shape index (κ1) is 30.4. The molecule has 4 aromatic rings. The number of nitrogens with one attached hydrogen (secondary N) is 1. The number of ether oxygens (including phenoxy) is 1. The molecular formula is C31H29F6N7O2S. The number of rotatable bonds is 6. The van der Waals surface area contributed by atoms with E-state index in [2.05, 4.69) is 20.3 Å². The lowest BCUT2D eigenvalue weighted by Gasteiger charge is -2.30. The topological polar surface area (TPSA) is 110 Å². The fourth-order valence-electron chi connectivity index (χ4n) is 7.86. The normalized spacial score (nSPS) is 27.1. The van der Waals surface area contributed by atoms with Crippen molar-refractivity contribution in [3.05, 3.63) is 35.4 Å². The second kappa shape index (κ2) is 10.5. The van der Waals surface area contributed by atoms with Crippen LogP contribution in [0.15, 0.2) is 18.2 Å². The number of anilines is 2. The highest BCUT2D eigenvalue weighted by Gasteiger charge is 2.57. The van der Waals surface area contributed by atoms with Crippen LogP contribution in [0.5, 0.6) is 6.01 Å². The zero-order valence-electron chi connectivity index (χ0n) is 25.0. The molecule has 0 bridgehead atoms. The van der Waals surface area contributed by atoms with E-state index in [1.54, 1.807) is 4.90 Å². The van der Waals surface area contributed by atoms with Crippen LogP contribution < -0.4 is 15.8 Å². The summed E-state index contributed by atoms with van der Waals surface area (Å²) in [5, 5.41) is 2.88. The number of thiazole rings is 1. The summed E-state index contributed by atoms with van der Waals surface area (Å²) in [5.41, 5.74) is 2.09. The molecule has 5 atom stereocenters. The first-order valence-electron chi connectivity index (χ1n) is 15.3. The number of hydrogen-bond donors (Lipinski definition) is 2. The average molecular weight is 678 g/mol. The van der Waals surface area contributed by atoms with Gasteiger partial charge in [0.05, 0.1) is 21.3 Å². The standard InChI is InChI=1S/C31H29F6N7O2S/c1-13(45)43-10-17-18(11-43)23(17)39-27-16-7-19(31(35,36)37)21(15-3-4-20(33)26-25(15)40-28(38)47-26)22(34)24(16)41-29(42-27)46-12-30-5-2-6-44(30)9-14(32)8-30/h3-4,7,14,17-18,23H,2,5-6,8-12H2,1H3,(H2,38,40)(H,39,41,42)/t14-,17-,18+,23?,30+/m1/s1. The van der Waals surface area contributed by atoms with E-state index in [4.69, 9.17) is 10.5 Å². The molecule has 3 aliphatic heterocycles. The van der Waals surface area contributed by atoms with Gasteiger partial charge in [-0.2, -0.15) is 23.1 Å². The zero-order valence-corrected chi connectivity index (χ0v) is 25.8. The van der Waals surface area contributed by atoms with Crippen molar-refractivity contribution in [2.45, 2.75) is 50.1 Å². The third kappa shape index (κ3) is 4.93. The number of carbonyl (C=O) groups excluding carboxylic acids is 1. The van der Waals surface area contributed by atoms with Gasteiger partial charge in [0.25, 0.3) is 0 Å². The molecule has 4 aliphatic rings. The molecule has 3 saturated heterocycles. The van der Waals surface area contributed by atoms with Crippen molar-refractivity contribution in [3.8, 4) is 17.1 Å². The van der Waals surface area contributed by atoms with Crippen molar-refractivity contribution in [3.63, 3.8) is 0 Å². The van der Waals surface area contributed by atoms with Crippen LogP contribution in [0.3, 0.4) is 0 Å². The molecule has 1 amide bonds. The van der Waals surface area contributed by atoms with Gasteiger partial charge in [-0.25, -0.2) is 18.2 Å². The Hall–Kier alpha value is -3.92. The number of amides is 1. The number of likely N-dealkylation sites (tertiary alicyclic amines) is 1. The summed E-state index contributed by atoms with van der Waals surface area (Å²) in [7, 11) is 0. The maximum atomic E-state index is 16.7. The number of nitrogen functional groups attached to an aromatic ring is 1. The molecule has 0 spiro atoms. The van der Waals surface area contributed by atoms with Crippen LogP contribution in [0, 0.1) is 23.5 Å². The minimum absolute atomic E-state index is 0.0203. The van der Waals surface area contributed by atoms with E-state index in [1.807, 2.05) is 4.90 Å². The highest BCUT2D eigenvalue weighted by Crippen LogP contribution is 2.50. The van der Waals surface area contributed by atoms with Crippen LogP contribution in [0.2, 0.25) is 0 Å². The molecule has 2 aromatic carbocycles. The number of fused-ring (bicyclic) bond motifs is 4. The predicted octanol–water partition coefficient (Wildman–Crippen LogP) is 5.63. The highest BCUT2D eigenvalue weighted by molar-refractivity contribution is 7.22. The Morgan fingerprint density at radius 1 is 1.15 bits per heavy atom. The van der Waals surface area contributed by atoms with Gasteiger partial charge in [-0.1, -0.05) is 11.3 Å². The lowest BCUT2D eigenvalue weighted by Crippen LogP contribution is -2.43. The van der Waals surface area contributed by atoms with Crippen LogP contribution in [0.1, 0.15) is 31.7 Å². The van der Waals surface area contributed by atoms with E-state index in [0.29, 0.717) is 26.1 Å². The van der Waals surface area contributed by atoms with E-state index in [9.17, 15) is 26.7 Å². The summed E-state index contributed by atoms with van der Waals surface area (Å²) >= 11 is 0.742. The second-order valence-corrected chi connectivity index (χ2v) is 14.0. The molecule has 5 heterocycles. The summed E-state index contributed by atoms with van der Waals surface area (Å²) in [4.78, 5) is 28.3. The molecule has 16 heteroatoms. The van der Waals surface area contributed by atoms with Gasteiger partial charge >= 0.3 is 12.2 Å². The quantitative estimate of drug-likeness (QED) is 0.253. The van der Waals surface area contributed by atoms with Gasteiger partial charge in [-0.15, -0.1) is 0 Å². The molecule has 0 radical (unpaired) electrons. The van der Waals surface area contributed by atoms with E-state index < -0.39 is 46.2 Å². The zero-order chi connectivity index (χ0) is 33.0. The van der Waals surface area contributed by atoms with Gasteiger partial charge < -0.3 is 20.7 Å². The number of alkyl halides is 4. The summed E-state index contributed by atoms with van der Waals surface area (Å²) in [6.07, 6.45) is -4.25. The summed E-state index contributed by atoms with van der Waals surface area (Å²) in [5.74, 6) is -2.08. The van der Waals surface area contributed by atoms with Crippen molar-refractivity contribution in [1.82, 2.24) is 24.8 Å². The fraction of sp³-hybridized carbons (Fsp3) is 0.484. The number of piperidine rings is 1. The molecule has 1 aliphatic carbocycles. The SMILES string of the molecule is CC(=O)N1C[C@@H]2C(Nc3nc(OC[C@@]45CCCN4C[C@H](F)C5)nc4c(F)c(-c5ccc(F)c6sc(N)nc56)c(C(F)(F)F)cc34)[C@@H]2C1. The molecule has 8 rings (SSSR count). The number of nitrogens with zero attached hydrogens (tertiary/aromatic N) is 5. The maximum Gasteiger partial charge on any atom is 0.417 e. The van der Waals surface area contributed by atoms with E-state index >= 15 is 4.39 Å². The van der Waals surface area contributed by atoms with Crippen LogP contribution in [0.25, 0.3) is 32.2 Å². The average Bonchev–Trinajstić information content (AvgIpc) is 3.50. The number of halogens is 6. The highest BCUT2D eigenvalue weighted by atomic mass is 32.1. The van der Waals surface area contributed by atoms with Gasteiger partial charge in [-0.05, 0) is 37.6 Å². The van der Waals surface area contributed by atoms with E-state index in [0.717, 1.165) is 36.0 Å². The van der Waals surface area contributed by atoms with Crippen LogP contribution in [-0.4, -0.2) is 81.2 Å². The Morgan fingerprint density at radius 3 is 2.64 bits per heavy atom. The third-order valence-corrected chi connectivity index (χ3v) is 11.1. The van der Waals surface area contributed by atoms with Gasteiger partial charge in [0.1, 0.15) is 29.9 Å². The monoisotopic (exact) mass is 677 g/mol. The lowest BCUT2D eigenvalue weighted by atomic mass is 9.95. The second-order valence-electron chi connectivity index (χ2n) is 13.0. The molecule has 4 fully saturated rings. The molecule has 2 aromatic heterocycles. The summed E-state index contributed by atoms with van der Waals surface area (Å²) in [6, 6.07) is 2.29. The number of carbonyl (C=O) groups is 1. The Morgan fingerprint density at radius 2 is 1.91 bits per heavy atom. The van der Waals surface area contributed by atoms with Crippen molar-refractivity contribution < 1.29 is 35.9 Å². The predicted molar refractivity (Wildman–Crippen MR) is 163 cm³/mol. The first-order chi connectivity index (χ1) is 22.3. The van der Waals surface area contributed by atoms with Crippen molar-refractivity contribution in [1.29, 1.82) is 0 Å². The minimum Gasteiger partial charge on any atom is -0.461 e. The molecule has 248 valence electrons. The van der Waals surface area contributed by atoms with E-state index in [1.165, 1.54) is 6.92 Å². The largest absolute Gasteiger partial charge is 0.461 e.